The van der Waals surface area contributed by atoms with Gasteiger partial charge in [0.05, 0.1) is 18.3 Å². The van der Waals surface area contributed by atoms with E-state index in [1.54, 1.807) is 35.7 Å². The molecule has 0 fully saturated rings. The molecule has 2 aromatic carbocycles. The molecule has 0 atom stereocenters. The summed E-state index contributed by atoms with van der Waals surface area (Å²) in [6.07, 6.45) is 0. The van der Waals surface area contributed by atoms with E-state index in [0.717, 1.165) is 28.0 Å². The first-order chi connectivity index (χ1) is 14.9. The molecule has 0 saturated heterocycles. The van der Waals surface area contributed by atoms with E-state index >= 15 is 0 Å². The third-order valence-corrected chi connectivity index (χ3v) is 5.43. The van der Waals surface area contributed by atoms with Gasteiger partial charge >= 0.3 is 5.69 Å². The normalized spacial score (nSPS) is 10.9. The Bertz CT molecular complexity index is 1390. The summed E-state index contributed by atoms with van der Waals surface area (Å²) in [6.45, 7) is -0.407. The number of halogens is 2. The minimum atomic E-state index is -0.934. The summed E-state index contributed by atoms with van der Waals surface area (Å²) in [5.41, 5.74) is -1.11. The van der Waals surface area contributed by atoms with Crippen LogP contribution in [0, 0.1) is 11.6 Å². The standard InChI is InChI=1S/C21H15F2N3O4S/c1-30-16-4-2-14(3-5-16)24-18(27)11-25-17-6-7-31-19(17)20(28)26(21(25)29)15-9-12(22)8-13(23)10-15/h2-10H,11H2,1H3,(H,24,27). The second-order valence-corrected chi connectivity index (χ2v) is 7.46. The number of thiophene rings is 1. The molecule has 0 aliphatic rings. The van der Waals surface area contributed by atoms with Crippen LogP contribution in [-0.4, -0.2) is 22.2 Å². The highest BCUT2D eigenvalue weighted by molar-refractivity contribution is 7.17. The van der Waals surface area contributed by atoms with Crippen LogP contribution in [0.2, 0.25) is 0 Å². The number of methoxy groups -OCH3 is 1. The fraction of sp³-hybridized carbons (Fsp3) is 0.0952. The number of ether oxygens (including phenoxy) is 1. The summed E-state index contributed by atoms with van der Waals surface area (Å²) in [6, 6.07) is 10.5. The van der Waals surface area contributed by atoms with Crippen molar-refractivity contribution in [2.75, 3.05) is 12.4 Å². The van der Waals surface area contributed by atoms with Gasteiger partial charge in [0.2, 0.25) is 5.91 Å². The van der Waals surface area contributed by atoms with Gasteiger partial charge in [0.15, 0.2) is 0 Å². The third-order valence-electron chi connectivity index (χ3n) is 4.54. The molecule has 2 heterocycles. The number of aromatic nitrogens is 2. The van der Waals surface area contributed by atoms with Gasteiger partial charge in [0.25, 0.3) is 5.56 Å². The van der Waals surface area contributed by atoms with Gasteiger partial charge in [-0.05, 0) is 47.8 Å². The van der Waals surface area contributed by atoms with E-state index in [4.69, 9.17) is 4.74 Å². The molecule has 1 amide bonds. The first kappa shape index (κ1) is 20.5. The molecule has 0 aliphatic heterocycles. The molecule has 0 spiro atoms. The van der Waals surface area contributed by atoms with Crippen LogP contribution in [0.5, 0.6) is 5.75 Å². The van der Waals surface area contributed by atoms with Crippen molar-refractivity contribution in [1.82, 2.24) is 9.13 Å². The predicted octanol–water partition coefficient (Wildman–Crippen LogP) is 3.14. The van der Waals surface area contributed by atoms with E-state index in [1.165, 1.54) is 7.11 Å². The van der Waals surface area contributed by atoms with Crippen LogP contribution in [0.25, 0.3) is 15.9 Å². The van der Waals surface area contributed by atoms with Gasteiger partial charge in [-0.15, -0.1) is 11.3 Å². The van der Waals surface area contributed by atoms with Crippen molar-refractivity contribution in [2.24, 2.45) is 0 Å². The Labute approximate surface area is 177 Å². The van der Waals surface area contributed by atoms with E-state index in [-0.39, 0.29) is 15.9 Å². The zero-order valence-electron chi connectivity index (χ0n) is 16.1. The van der Waals surface area contributed by atoms with Gasteiger partial charge in [-0.2, -0.15) is 0 Å². The predicted molar refractivity (Wildman–Crippen MR) is 113 cm³/mol. The summed E-state index contributed by atoms with van der Waals surface area (Å²) in [7, 11) is 1.52. The number of hydrogen-bond acceptors (Lipinski definition) is 5. The molecule has 4 rings (SSSR count). The Balaban J connectivity index is 1.77. The molecule has 0 bridgehead atoms. The van der Waals surface area contributed by atoms with Crippen LogP contribution in [0.3, 0.4) is 0 Å². The lowest BCUT2D eigenvalue weighted by molar-refractivity contribution is -0.116. The first-order valence-electron chi connectivity index (χ1n) is 9.01. The maximum absolute atomic E-state index is 13.7. The molecule has 0 saturated carbocycles. The fourth-order valence-electron chi connectivity index (χ4n) is 3.15. The van der Waals surface area contributed by atoms with Crippen LogP contribution in [0.1, 0.15) is 0 Å². The summed E-state index contributed by atoms with van der Waals surface area (Å²) in [5, 5.41) is 4.26. The zero-order chi connectivity index (χ0) is 22.1. The Morgan fingerprint density at radius 3 is 2.39 bits per heavy atom. The van der Waals surface area contributed by atoms with E-state index in [9.17, 15) is 23.2 Å². The number of fused-ring (bicyclic) bond motifs is 1. The van der Waals surface area contributed by atoms with Crippen molar-refractivity contribution in [3.05, 3.63) is 86.4 Å². The number of amides is 1. The van der Waals surface area contributed by atoms with Gasteiger partial charge < -0.3 is 10.1 Å². The molecule has 2 aromatic heterocycles. The van der Waals surface area contributed by atoms with Gasteiger partial charge in [-0.25, -0.2) is 18.1 Å². The molecule has 1 N–H and O–H groups in total. The van der Waals surface area contributed by atoms with Crippen molar-refractivity contribution in [3.63, 3.8) is 0 Å². The molecule has 0 aliphatic carbocycles. The topological polar surface area (TPSA) is 82.3 Å². The zero-order valence-corrected chi connectivity index (χ0v) is 16.9. The molecular weight excluding hydrogens is 428 g/mol. The number of anilines is 1. The number of nitrogens with one attached hydrogen (secondary N) is 1. The lowest BCUT2D eigenvalue weighted by Gasteiger charge is -2.13. The summed E-state index contributed by atoms with van der Waals surface area (Å²) < 4.78 is 34.4. The third kappa shape index (κ3) is 3.97. The Kier molecular flexibility index (Phi) is 5.38. The molecule has 31 heavy (non-hydrogen) atoms. The van der Waals surface area contributed by atoms with Crippen LogP contribution in [-0.2, 0) is 11.3 Å². The van der Waals surface area contributed by atoms with Crippen molar-refractivity contribution < 1.29 is 18.3 Å². The minimum Gasteiger partial charge on any atom is -0.497 e. The van der Waals surface area contributed by atoms with E-state index in [0.29, 0.717) is 22.1 Å². The first-order valence-corrected chi connectivity index (χ1v) is 9.89. The smallest absolute Gasteiger partial charge is 0.336 e. The maximum Gasteiger partial charge on any atom is 0.336 e. The fourth-order valence-corrected chi connectivity index (χ4v) is 3.98. The van der Waals surface area contributed by atoms with Crippen LogP contribution in [0.4, 0.5) is 14.5 Å². The molecule has 4 aromatic rings. The second kappa shape index (κ2) is 8.15. The largest absolute Gasteiger partial charge is 0.497 e. The number of nitrogens with zero attached hydrogens (tertiary/aromatic N) is 2. The lowest BCUT2D eigenvalue weighted by atomic mass is 10.3. The number of rotatable bonds is 5. The Morgan fingerprint density at radius 2 is 1.74 bits per heavy atom. The van der Waals surface area contributed by atoms with Crippen LogP contribution in [0.15, 0.2) is 63.5 Å². The van der Waals surface area contributed by atoms with Crippen molar-refractivity contribution in [1.29, 1.82) is 0 Å². The molecule has 7 nitrogen and oxygen atoms in total. The average molecular weight is 443 g/mol. The second-order valence-electron chi connectivity index (χ2n) is 6.55. The minimum absolute atomic E-state index is 0.182. The number of carbonyl (C=O) groups is 1. The summed E-state index contributed by atoms with van der Waals surface area (Å²) >= 11 is 1.06. The van der Waals surface area contributed by atoms with E-state index < -0.39 is 35.3 Å². The summed E-state index contributed by atoms with van der Waals surface area (Å²) in [4.78, 5) is 38.5. The summed E-state index contributed by atoms with van der Waals surface area (Å²) in [5.74, 6) is -1.77. The van der Waals surface area contributed by atoms with Gasteiger partial charge in [0, 0.05) is 11.8 Å². The maximum atomic E-state index is 13.7. The number of hydrogen-bond donors (Lipinski definition) is 1. The Hall–Kier alpha value is -3.79. The molecule has 158 valence electrons. The van der Waals surface area contributed by atoms with Crippen LogP contribution < -0.4 is 21.3 Å². The van der Waals surface area contributed by atoms with E-state index in [2.05, 4.69) is 5.32 Å². The van der Waals surface area contributed by atoms with Gasteiger partial charge in [-0.3, -0.25) is 14.2 Å². The van der Waals surface area contributed by atoms with Crippen molar-refractivity contribution in [3.8, 4) is 11.4 Å². The monoisotopic (exact) mass is 443 g/mol. The average Bonchev–Trinajstić information content (AvgIpc) is 3.21. The van der Waals surface area contributed by atoms with Gasteiger partial charge in [-0.1, -0.05) is 0 Å². The Morgan fingerprint density at radius 1 is 1.06 bits per heavy atom. The SMILES string of the molecule is COc1ccc(NC(=O)Cn2c(=O)n(-c3cc(F)cc(F)c3)c(=O)c3sccc32)cc1. The lowest BCUT2D eigenvalue weighted by Crippen LogP contribution is -2.40. The highest BCUT2D eigenvalue weighted by atomic mass is 32.1. The van der Waals surface area contributed by atoms with Gasteiger partial charge in [0.1, 0.15) is 28.6 Å². The molecular formula is C21H15F2N3O4S. The quantitative estimate of drug-likeness (QED) is 0.514. The number of carbonyl (C=O) groups excluding carboxylic acids is 1. The molecule has 0 unspecified atom stereocenters. The molecule has 0 radical (unpaired) electrons. The number of benzene rings is 2. The highest BCUT2D eigenvalue weighted by Gasteiger charge is 2.18. The van der Waals surface area contributed by atoms with Crippen LogP contribution >= 0.6 is 11.3 Å². The highest BCUT2D eigenvalue weighted by Crippen LogP contribution is 2.18. The van der Waals surface area contributed by atoms with Crippen molar-refractivity contribution in [2.45, 2.75) is 6.54 Å². The molecule has 10 heteroatoms. The van der Waals surface area contributed by atoms with E-state index in [1.807, 2.05) is 0 Å². The van der Waals surface area contributed by atoms with Crippen molar-refractivity contribution >= 4 is 33.1 Å².